The topological polar surface area (TPSA) is 72.3 Å². The van der Waals surface area contributed by atoms with Crippen molar-refractivity contribution in [2.75, 3.05) is 18.0 Å². The number of hydrogen-bond donors (Lipinski definition) is 2. The van der Waals surface area contributed by atoms with Crippen molar-refractivity contribution < 1.29 is 4.79 Å². The van der Waals surface area contributed by atoms with E-state index in [-0.39, 0.29) is 0 Å². The van der Waals surface area contributed by atoms with E-state index in [0.717, 1.165) is 25.9 Å². The van der Waals surface area contributed by atoms with E-state index in [0.29, 0.717) is 6.42 Å². The fourth-order valence-electron chi connectivity index (χ4n) is 2.21. The van der Waals surface area contributed by atoms with Crippen LogP contribution in [0, 0.1) is 6.92 Å². The fourth-order valence-corrected chi connectivity index (χ4v) is 2.21. The first-order valence-corrected chi connectivity index (χ1v) is 7.27. The van der Waals surface area contributed by atoms with Gasteiger partial charge in [0.15, 0.2) is 0 Å². The average Bonchev–Trinajstić information content (AvgIpc) is 2.38. The number of carbonyl (C=O) groups excluding carboxylic acids is 1. The van der Waals surface area contributed by atoms with Gasteiger partial charge in [0.2, 0.25) is 5.91 Å². The molecular formula is C16H27N3O. The maximum absolute atomic E-state index is 11.2. The standard InChI is InChI=1S/C16H27N3O/c1-4-19(14-9-7-8-13(2)12-14)11-6-5-10-16(3,18)15(17)20/h7-9,12H,4-6,10-11,18H2,1-3H3,(H2,17,20). The summed E-state index contributed by atoms with van der Waals surface area (Å²) in [5.74, 6) is -0.427. The zero-order valence-electron chi connectivity index (χ0n) is 12.9. The van der Waals surface area contributed by atoms with Gasteiger partial charge in [-0.15, -0.1) is 0 Å². The highest BCUT2D eigenvalue weighted by molar-refractivity contribution is 5.83. The van der Waals surface area contributed by atoms with Crippen molar-refractivity contribution in [3.05, 3.63) is 29.8 Å². The number of unbranched alkanes of at least 4 members (excludes halogenated alkanes) is 1. The summed E-state index contributed by atoms with van der Waals surface area (Å²) in [6, 6.07) is 8.51. The van der Waals surface area contributed by atoms with E-state index in [1.807, 2.05) is 0 Å². The lowest BCUT2D eigenvalue weighted by molar-refractivity contribution is -0.122. The zero-order valence-corrected chi connectivity index (χ0v) is 12.9. The van der Waals surface area contributed by atoms with E-state index in [9.17, 15) is 4.79 Å². The minimum atomic E-state index is -0.889. The molecule has 4 nitrogen and oxygen atoms in total. The molecule has 1 aromatic carbocycles. The first kappa shape index (κ1) is 16.5. The number of hydrogen-bond acceptors (Lipinski definition) is 3. The van der Waals surface area contributed by atoms with Gasteiger partial charge in [0, 0.05) is 18.8 Å². The molecule has 0 aliphatic heterocycles. The van der Waals surface area contributed by atoms with Crippen LogP contribution in [0.4, 0.5) is 5.69 Å². The molecule has 0 saturated heterocycles. The maximum atomic E-state index is 11.2. The molecular weight excluding hydrogens is 250 g/mol. The van der Waals surface area contributed by atoms with E-state index in [4.69, 9.17) is 11.5 Å². The predicted molar refractivity (Wildman–Crippen MR) is 84.7 cm³/mol. The molecule has 112 valence electrons. The van der Waals surface area contributed by atoms with Gasteiger partial charge in [0.25, 0.3) is 0 Å². The number of primary amides is 1. The monoisotopic (exact) mass is 277 g/mol. The summed E-state index contributed by atoms with van der Waals surface area (Å²) in [5, 5.41) is 0. The van der Waals surface area contributed by atoms with Crippen LogP contribution in [0.2, 0.25) is 0 Å². The second-order valence-corrected chi connectivity index (χ2v) is 5.66. The number of amides is 1. The van der Waals surface area contributed by atoms with Crippen molar-refractivity contribution in [1.82, 2.24) is 0 Å². The minimum absolute atomic E-state index is 0.427. The Bertz CT molecular complexity index is 443. The van der Waals surface area contributed by atoms with Gasteiger partial charge >= 0.3 is 0 Å². The number of carbonyl (C=O) groups is 1. The smallest absolute Gasteiger partial charge is 0.237 e. The van der Waals surface area contributed by atoms with Gasteiger partial charge in [-0.05, 0) is 57.7 Å². The summed E-state index contributed by atoms with van der Waals surface area (Å²) < 4.78 is 0. The molecule has 0 saturated carbocycles. The highest BCUT2D eigenvalue weighted by Crippen LogP contribution is 2.17. The molecule has 0 fully saturated rings. The van der Waals surface area contributed by atoms with Crippen LogP contribution in [0.1, 0.15) is 38.7 Å². The van der Waals surface area contributed by atoms with E-state index in [2.05, 4.69) is 43.0 Å². The number of benzene rings is 1. The van der Waals surface area contributed by atoms with E-state index in [1.165, 1.54) is 11.3 Å². The van der Waals surface area contributed by atoms with Crippen LogP contribution in [0.15, 0.2) is 24.3 Å². The van der Waals surface area contributed by atoms with Gasteiger partial charge in [-0.2, -0.15) is 0 Å². The Morgan fingerprint density at radius 2 is 2.05 bits per heavy atom. The Hall–Kier alpha value is -1.55. The SMILES string of the molecule is CCN(CCCCC(C)(N)C(N)=O)c1cccc(C)c1. The van der Waals surface area contributed by atoms with E-state index >= 15 is 0 Å². The lowest BCUT2D eigenvalue weighted by Crippen LogP contribution is -2.49. The molecule has 1 amide bonds. The lowest BCUT2D eigenvalue weighted by atomic mass is 9.95. The number of rotatable bonds is 8. The molecule has 0 bridgehead atoms. The summed E-state index contributed by atoms with van der Waals surface area (Å²) in [4.78, 5) is 13.5. The second kappa shape index (κ2) is 7.29. The Labute approximate surface area is 122 Å². The third kappa shape index (κ3) is 4.85. The van der Waals surface area contributed by atoms with Crippen LogP contribution >= 0.6 is 0 Å². The van der Waals surface area contributed by atoms with Gasteiger partial charge in [0.05, 0.1) is 5.54 Å². The third-order valence-corrected chi connectivity index (χ3v) is 3.69. The molecule has 4 heteroatoms. The quantitative estimate of drug-likeness (QED) is 0.715. The maximum Gasteiger partial charge on any atom is 0.237 e. The largest absolute Gasteiger partial charge is 0.372 e. The number of nitrogens with zero attached hydrogens (tertiary/aromatic N) is 1. The van der Waals surface area contributed by atoms with Crippen LogP contribution in [-0.4, -0.2) is 24.5 Å². The molecule has 0 spiro atoms. The van der Waals surface area contributed by atoms with E-state index < -0.39 is 11.4 Å². The second-order valence-electron chi connectivity index (χ2n) is 5.66. The van der Waals surface area contributed by atoms with Gasteiger partial charge in [-0.1, -0.05) is 12.1 Å². The lowest BCUT2D eigenvalue weighted by Gasteiger charge is -2.25. The molecule has 0 heterocycles. The molecule has 1 aromatic rings. The van der Waals surface area contributed by atoms with Crippen LogP contribution in [0.5, 0.6) is 0 Å². The van der Waals surface area contributed by atoms with Crippen LogP contribution in [0.25, 0.3) is 0 Å². The summed E-state index contributed by atoms with van der Waals surface area (Å²) >= 11 is 0. The molecule has 4 N–H and O–H groups in total. The van der Waals surface area contributed by atoms with Crippen LogP contribution in [0.3, 0.4) is 0 Å². The van der Waals surface area contributed by atoms with Gasteiger partial charge in [0.1, 0.15) is 0 Å². The average molecular weight is 277 g/mol. The summed E-state index contributed by atoms with van der Waals surface area (Å²) in [6.07, 6.45) is 2.54. The van der Waals surface area contributed by atoms with E-state index in [1.54, 1.807) is 6.92 Å². The summed E-state index contributed by atoms with van der Waals surface area (Å²) in [6.45, 7) is 7.89. The molecule has 0 aliphatic carbocycles. The number of aryl methyl sites for hydroxylation is 1. The Kier molecular flexibility index (Phi) is 6.02. The van der Waals surface area contributed by atoms with Gasteiger partial charge in [-0.25, -0.2) is 0 Å². The minimum Gasteiger partial charge on any atom is -0.372 e. The van der Waals surface area contributed by atoms with Gasteiger partial charge in [-0.3, -0.25) is 4.79 Å². The Balaban J connectivity index is 2.45. The molecule has 1 unspecified atom stereocenters. The van der Waals surface area contributed by atoms with Crippen molar-refractivity contribution in [1.29, 1.82) is 0 Å². The Morgan fingerprint density at radius 1 is 1.35 bits per heavy atom. The fraction of sp³-hybridized carbons (Fsp3) is 0.562. The van der Waals surface area contributed by atoms with Gasteiger partial charge < -0.3 is 16.4 Å². The molecule has 1 atom stereocenters. The van der Waals surface area contributed by atoms with Crippen LogP contribution < -0.4 is 16.4 Å². The molecule has 1 rings (SSSR count). The predicted octanol–water partition coefficient (Wildman–Crippen LogP) is 2.19. The summed E-state index contributed by atoms with van der Waals surface area (Å²) in [5.41, 5.74) is 12.8. The molecule has 20 heavy (non-hydrogen) atoms. The number of nitrogens with two attached hydrogens (primary N) is 2. The third-order valence-electron chi connectivity index (χ3n) is 3.69. The summed E-state index contributed by atoms with van der Waals surface area (Å²) in [7, 11) is 0. The highest BCUT2D eigenvalue weighted by Gasteiger charge is 2.24. The normalized spacial score (nSPS) is 13.8. The first-order chi connectivity index (χ1) is 9.36. The number of anilines is 1. The first-order valence-electron chi connectivity index (χ1n) is 7.27. The Morgan fingerprint density at radius 3 is 2.60 bits per heavy atom. The van der Waals surface area contributed by atoms with Crippen molar-refractivity contribution in [3.63, 3.8) is 0 Å². The van der Waals surface area contributed by atoms with Crippen molar-refractivity contribution >= 4 is 11.6 Å². The molecule has 0 radical (unpaired) electrons. The van der Waals surface area contributed by atoms with Crippen LogP contribution in [-0.2, 0) is 4.79 Å². The van der Waals surface area contributed by atoms with Crippen molar-refractivity contribution in [3.8, 4) is 0 Å². The molecule has 0 aliphatic rings. The van der Waals surface area contributed by atoms with Crippen molar-refractivity contribution in [2.45, 2.75) is 45.6 Å². The highest BCUT2D eigenvalue weighted by atomic mass is 16.1. The van der Waals surface area contributed by atoms with Crippen molar-refractivity contribution in [2.24, 2.45) is 11.5 Å². The molecule has 0 aromatic heterocycles. The zero-order chi connectivity index (χ0) is 15.2.